The van der Waals surface area contributed by atoms with Crippen molar-refractivity contribution in [1.29, 1.82) is 0 Å². The van der Waals surface area contributed by atoms with Crippen LogP contribution in [0.2, 0.25) is 0 Å². The number of carbonyl (C=O) groups is 2. The van der Waals surface area contributed by atoms with Crippen LogP contribution in [0.4, 0.5) is 0 Å². The third-order valence-electron chi connectivity index (χ3n) is 6.61. The van der Waals surface area contributed by atoms with Crippen molar-refractivity contribution >= 4 is 11.7 Å². The highest BCUT2D eigenvalue weighted by Crippen LogP contribution is 2.39. The van der Waals surface area contributed by atoms with Crippen molar-refractivity contribution in [2.24, 2.45) is 5.92 Å². The summed E-state index contributed by atoms with van der Waals surface area (Å²) in [6.07, 6.45) is 9.17. The fraction of sp³-hybridized carbons (Fsp3) is 0.519. The molecule has 1 amide bonds. The lowest BCUT2D eigenvalue weighted by Gasteiger charge is -2.26. The van der Waals surface area contributed by atoms with Crippen molar-refractivity contribution in [3.63, 3.8) is 0 Å². The Labute approximate surface area is 192 Å². The van der Waals surface area contributed by atoms with Crippen LogP contribution in [0.5, 0.6) is 0 Å². The van der Waals surface area contributed by atoms with Crippen LogP contribution in [0.25, 0.3) is 0 Å². The molecule has 3 rings (SSSR count). The summed E-state index contributed by atoms with van der Waals surface area (Å²) in [7, 11) is 4.10. The molecule has 0 bridgehead atoms. The first-order valence-electron chi connectivity index (χ1n) is 11.8. The first-order valence-corrected chi connectivity index (χ1v) is 11.8. The summed E-state index contributed by atoms with van der Waals surface area (Å²) in [5.41, 5.74) is 4.28. The van der Waals surface area contributed by atoms with Gasteiger partial charge in [0.2, 0.25) is 5.91 Å². The van der Waals surface area contributed by atoms with E-state index in [1.807, 2.05) is 45.4 Å². The van der Waals surface area contributed by atoms with Crippen molar-refractivity contribution in [2.75, 3.05) is 20.6 Å². The van der Waals surface area contributed by atoms with Gasteiger partial charge in [-0.2, -0.15) is 0 Å². The van der Waals surface area contributed by atoms with Gasteiger partial charge in [0.15, 0.2) is 5.78 Å². The summed E-state index contributed by atoms with van der Waals surface area (Å²) >= 11 is 0. The molecular weight excluding hydrogens is 398 g/mol. The molecule has 0 saturated heterocycles. The lowest BCUT2D eigenvalue weighted by molar-refractivity contribution is -0.121. The molecule has 1 N–H and O–H groups in total. The second kappa shape index (κ2) is 11.4. The van der Waals surface area contributed by atoms with Gasteiger partial charge in [-0.15, -0.1) is 0 Å². The van der Waals surface area contributed by atoms with Gasteiger partial charge in [-0.3, -0.25) is 14.6 Å². The van der Waals surface area contributed by atoms with Crippen molar-refractivity contribution < 1.29 is 9.59 Å². The number of rotatable bonds is 12. The van der Waals surface area contributed by atoms with Crippen LogP contribution in [0.15, 0.2) is 42.7 Å². The fourth-order valence-corrected chi connectivity index (χ4v) is 4.23. The van der Waals surface area contributed by atoms with E-state index in [4.69, 9.17) is 0 Å². The number of pyridine rings is 1. The second-order valence-electron chi connectivity index (χ2n) is 9.41. The number of carbonyl (C=O) groups excluding carboxylic acids is 2. The van der Waals surface area contributed by atoms with Crippen molar-refractivity contribution in [3.8, 4) is 0 Å². The van der Waals surface area contributed by atoms with Crippen LogP contribution in [-0.4, -0.2) is 48.3 Å². The minimum atomic E-state index is 0.104. The molecule has 2 aromatic rings. The number of hydrogen-bond acceptors (Lipinski definition) is 4. The van der Waals surface area contributed by atoms with E-state index in [9.17, 15) is 9.59 Å². The largest absolute Gasteiger partial charge is 0.355 e. The summed E-state index contributed by atoms with van der Waals surface area (Å²) in [5, 5.41) is 3.18. The van der Waals surface area contributed by atoms with Gasteiger partial charge in [0.1, 0.15) is 0 Å². The van der Waals surface area contributed by atoms with Crippen LogP contribution in [-0.2, 0) is 11.2 Å². The van der Waals surface area contributed by atoms with E-state index >= 15 is 0 Å². The normalized spacial score (nSPS) is 15.4. The number of nitrogens with one attached hydrogen (secondary N) is 1. The van der Waals surface area contributed by atoms with Gasteiger partial charge in [0, 0.05) is 43.4 Å². The Morgan fingerprint density at radius 3 is 2.59 bits per heavy atom. The highest BCUT2D eigenvalue weighted by Gasteiger charge is 2.28. The molecule has 0 unspecified atom stereocenters. The Morgan fingerprint density at radius 2 is 2.00 bits per heavy atom. The van der Waals surface area contributed by atoms with E-state index in [0.29, 0.717) is 19.4 Å². The Kier molecular flexibility index (Phi) is 8.57. The molecule has 0 radical (unpaired) electrons. The van der Waals surface area contributed by atoms with Gasteiger partial charge in [0.05, 0.1) is 0 Å². The maximum absolute atomic E-state index is 12.8. The molecule has 32 heavy (non-hydrogen) atoms. The zero-order chi connectivity index (χ0) is 23.1. The molecule has 1 saturated carbocycles. The molecule has 1 heterocycles. The van der Waals surface area contributed by atoms with Gasteiger partial charge in [-0.25, -0.2) is 0 Å². The van der Waals surface area contributed by atoms with E-state index in [2.05, 4.69) is 34.3 Å². The Bertz CT molecular complexity index is 906. The SMILES string of the molecule is CCC(=O)c1ccc(C[C@@H](CNC(=O)C[C@@H](CC2CC2)c2cccnc2)N(C)C)c(C)c1. The first kappa shape index (κ1) is 24.1. The smallest absolute Gasteiger partial charge is 0.220 e. The molecule has 1 aliphatic rings. The van der Waals surface area contributed by atoms with Crippen LogP contribution in [0, 0.1) is 12.8 Å². The van der Waals surface area contributed by atoms with Gasteiger partial charge in [-0.05, 0) is 74.5 Å². The van der Waals surface area contributed by atoms with E-state index in [1.165, 1.54) is 18.4 Å². The average molecular weight is 436 g/mol. The molecule has 1 aromatic heterocycles. The molecule has 1 fully saturated rings. The molecule has 172 valence electrons. The van der Waals surface area contributed by atoms with Gasteiger partial charge < -0.3 is 10.2 Å². The molecular formula is C27H37N3O2. The standard InChI is InChI=1S/C27H37N3O2/c1-5-26(31)22-11-10-21(19(2)13-22)15-25(30(3)4)18-29-27(32)16-24(14-20-8-9-20)23-7-6-12-28-17-23/h6-7,10-13,17,20,24-25H,5,8-9,14-16,18H2,1-4H3,(H,29,32)/t24-,25+/m1/s1. The predicted octanol–water partition coefficient (Wildman–Crippen LogP) is 4.55. The van der Waals surface area contributed by atoms with E-state index in [1.54, 1.807) is 6.20 Å². The van der Waals surface area contributed by atoms with Gasteiger partial charge >= 0.3 is 0 Å². The number of Topliss-reactive ketones (excluding diaryl/α,β-unsaturated/α-hetero) is 1. The van der Waals surface area contributed by atoms with Crippen molar-refractivity contribution in [2.45, 2.75) is 64.3 Å². The highest BCUT2D eigenvalue weighted by atomic mass is 16.1. The van der Waals surface area contributed by atoms with Crippen molar-refractivity contribution in [3.05, 3.63) is 65.0 Å². The Balaban J connectivity index is 1.59. The van der Waals surface area contributed by atoms with E-state index in [0.717, 1.165) is 35.4 Å². The average Bonchev–Trinajstić information content (AvgIpc) is 3.61. The highest BCUT2D eigenvalue weighted by molar-refractivity contribution is 5.96. The zero-order valence-electron chi connectivity index (χ0n) is 19.9. The van der Waals surface area contributed by atoms with Crippen LogP contribution >= 0.6 is 0 Å². The minimum absolute atomic E-state index is 0.104. The quantitative estimate of drug-likeness (QED) is 0.497. The third kappa shape index (κ3) is 6.99. The minimum Gasteiger partial charge on any atom is -0.355 e. The molecule has 5 heteroatoms. The maximum atomic E-state index is 12.8. The molecule has 1 aromatic carbocycles. The number of aromatic nitrogens is 1. The summed E-state index contributed by atoms with van der Waals surface area (Å²) in [6.45, 7) is 4.55. The molecule has 1 aliphatic carbocycles. The lowest BCUT2D eigenvalue weighted by atomic mass is 9.91. The predicted molar refractivity (Wildman–Crippen MR) is 129 cm³/mol. The monoisotopic (exact) mass is 435 g/mol. The number of likely N-dealkylation sites (N-methyl/N-ethyl adjacent to an activating group) is 1. The topological polar surface area (TPSA) is 62.3 Å². The van der Waals surface area contributed by atoms with Gasteiger partial charge in [-0.1, -0.05) is 38.0 Å². The number of nitrogens with zero attached hydrogens (tertiary/aromatic N) is 2. The number of ketones is 1. The third-order valence-corrected chi connectivity index (χ3v) is 6.61. The molecule has 0 aliphatic heterocycles. The maximum Gasteiger partial charge on any atom is 0.220 e. The van der Waals surface area contributed by atoms with Crippen LogP contribution < -0.4 is 5.32 Å². The van der Waals surface area contributed by atoms with Crippen molar-refractivity contribution in [1.82, 2.24) is 15.2 Å². The van der Waals surface area contributed by atoms with Crippen LogP contribution in [0.1, 0.15) is 72.0 Å². The Morgan fingerprint density at radius 1 is 1.22 bits per heavy atom. The van der Waals surface area contributed by atoms with E-state index in [-0.39, 0.29) is 23.7 Å². The summed E-state index contributed by atoms with van der Waals surface area (Å²) in [6, 6.07) is 10.2. The Hall–Kier alpha value is -2.53. The van der Waals surface area contributed by atoms with Crippen LogP contribution in [0.3, 0.4) is 0 Å². The molecule has 0 spiro atoms. The molecule has 2 atom stereocenters. The number of benzene rings is 1. The number of hydrogen-bond donors (Lipinski definition) is 1. The lowest BCUT2D eigenvalue weighted by Crippen LogP contribution is -2.42. The first-order chi connectivity index (χ1) is 15.4. The summed E-state index contributed by atoms with van der Waals surface area (Å²) < 4.78 is 0. The van der Waals surface area contributed by atoms with E-state index < -0.39 is 0 Å². The second-order valence-corrected chi connectivity index (χ2v) is 9.41. The fourth-order valence-electron chi connectivity index (χ4n) is 4.23. The number of amides is 1. The summed E-state index contributed by atoms with van der Waals surface area (Å²) in [5.74, 6) is 1.27. The van der Waals surface area contributed by atoms with Gasteiger partial charge in [0.25, 0.3) is 0 Å². The zero-order valence-corrected chi connectivity index (χ0v) is 19.9. The number of aryl methyl sites for hydroxylation is 1. The molecule has 5 nitrogen and oxygen atoms in total. The summed E-state index contributed by atoms with van der Waals surface area (Å²) in [4.78, 5) is 31.2.